The predicted octanol–water partition coefficient (Wildman–Crippen LogP) is 3.96. The molecule has 0 atom stereocenters. The molecule has 0 saturated carbocycles. The number of amides is 1. The van der Waals surface area contributed by atoms with Crippen LogP contribution in [0.5, 0.6) is 5.88 Å². The zero-order chi connectivity index (χ0) is 22.4. The third-order valence-corrected chi connectivity index (χ3v) is 4.19. The number of anilines is 1. The van der Waals surface area contributed by atoms with E-state index in [2.05, 4.69) is 20.3 Å². The number of carbonyl (C=O) groups excluding carboxylic acids is 1. The van der Waals surface area contributed by atoms with Gasteiger partial charge in [-0.05, 0) is 44.8 Å². The Balaban J connectivity index is 0.00000363. The zero-order valence-electron chi connectivity index (χ0n) is 17.3. The van der Waals surface area contributed by atoms with Crippen molar-refractivity contribution in [1.29, 1.82) is 0 Å². The summed E-state index contributed by atoms with van der Waals surface area (Å²) in [5.41, 5.74) is -1.32. The Morgan fingerprint density at radius 1 is 1.09 bits per heavy atom. The molecule has 0 spiro atoms. The zero-order valence-corrected chi connectivity index (χ0v) is 18.1. The first kappa shape index (κ1) is 25.0. The van der Waals surface area contributed by atoms with Gasteiger partial charge in [0.15, 0.2) is 0 Å². The molecule has 2 heterocycles. The number of aromatic nitrogens is 3. The third kappa shape index (κ3) is 6.14. The van der Waals surface area contributed by atoms with Gasteiger partial charge in [-0.3, -0.25) is 4.79 Å². The van der Waals surface area contributed by atoms with E-state index in [0.29, 0.717) is 6.61 Å². The summed E-state index contributed by atoms with van der Waals surface area (Å²) >= 11 is 0. The number of nitrogens with one attached hydrogen (secondary N) is 1. The van der Waals surface area contributed by atoms with Gasteiger partial charge in [0.1, 0.15) is 40.9 Å². The van der Waals surface area contributed by atoms with Crippen LogP contribution in [-0.4, -0.2) is 53.0 Å². The quantitative estimate of drug-likeness (QED) is 0.505. The maximum absolute atomic E-state index is 14.2. The maximum atomic E-state index is 14.2. The summed E-state index contributed by atoms with van der Waals surface area (Å²) in [6, 6.07) is 5.14. The van der Waals surface area contributed by atoms with E-state index in [1.807, 2.05) is 19.0 Å². The molecule has 0 aliphatic heterocycles. The molecule has 170 valence electrons. The summed E-state index contributed by atoms with van der Waals surface area (Å²) < 4.78 is 48.0. The summed E-state index contributed by atoms with van der Waals surface area (Å²) in [4.78, 5) is 26.3. The Kier molecular flexibility index (Phi) is 8.91. The van der Waals surface area contributed by atoms with Crippen LogP contribution in [0, 0.1) is 17.5 Å². The first-order valence-electron chi connectivity index (χ1n) is 9.36. The second kappa shape index (κ2) is 11.4. The topological polar surface area (TPSA) is 80.2 Å². The minimum absolute atomic E-state index is 0. The molecule has 0 bridgehead atoms. The van der Waals surface area contributed by atoms with Gasteiger partial charge in [-0.25, -0.2) is 23.1 Å². The van der Waals surface area contributed by atoms with E-state index in [0.717, 1.165) is 43.3 Å². The van der Waals surface area contributed by atoms with Gasteiger partial charge >= 0.3 is 0 Å². The van der Waals surface area contributed by atoms with Crippen LogP contribution in [0.15, 0.2) is 42.9 Å². The lowest BCUT2D eigenvalue weighted by atomic mass is 10.1. The summed E-state index contributed by atoms with van der Waals surface area (Å²) in [7, 11) is 3.88. The van der Waals surface area contributed by atoms with Crippen LogP contribution in [0.2, 0.25) is 0 Å². The van der Waals surface area contributed by atoms with Crippen molar-refractivity contribution >= 4 is 24.0 Å². The highest BCUT2D eigenvalue weighted by Crippen LogP contribution is 2.27. The van der Waals surface area contributed by atoms with Crippen molar-refractivity contribution in [2.75, 3.05) is 32.6 Å². The Hall–Kier alpha value is -3.24. The second-order valence-corrected chi connectivity index (χ2v) is 6.82. The van der Waals surface area contributed by atoms with Gasteiger partial charge in [-0.1, -0.05) is 6.07 Å². The number of carbonyl (C=O) groups is 1. The molecule has 2 aromatic heterocycles. The van der Waals surface area contributed by atoms with Crippen molar-refractivity contribution in [2.24, 2.45) is 0 Å². The van der Waals surface area contributed by atoms with E-state index < -0.39 is 34.6 Å². The molecular formula is C21H21ClF3N5O2. The van der Waals surface area contributed by atoms with Gasteiger partial charge in [0.25, 0.3) is 5.91 Å². The standard InChI is InChI=1S/C21H20F3N5O2.ClH/c1-29(2)9-4-10-31-21-17(11-25-12-26-21)28-20(30)16-8-7-15(24)19(27-16)18-13(22)5-3-6-14(18)23;/h3,5-8,11-12H,4,9-10H2,1-2H3,(H,28,30);1H. The maximum Gasteiger partial charge on any atom is 0.274 e. The number of nitrogens with zero attached hydrogens (tertiary/aromatic N) is 4. The molecule has 3 rings (SSSR count). The van der Waals surface area contributed by atoms with E-state index in [9.17, 15) is 18.0 Å². The van der Waals surface area contributed by atoms with Crippen LogP contribution in [0.3, 0.4) is 0 Å². The summed E-state index contributed by atoms with van der Waals surface area (Å²) in [5.74, 6) is -3.54. The molecule has 1 amide bonds. The molecule has 1 N–H and O–H groups in total. The van der Waals surface area contributed by atoms with E-state index in [4.69, 9.17) is 4.74 Å². The average molecular weight is 468 g/mol. The van der Waals surface area contributed by atoms with Crippen LogP contribution < -0.4 is 10.1 Å². The fourth-order valence-electron chi connectivity index (χ4n) is 2.72. The van der Waals surface area contributed by atoms with Gasteiger partial charge in [0, 0.05) is 6.54 Å². The second-order valence-electron chi connectivity index (χ2n) is 6.82. The van der Waals surface area contributed by atoms with E-state index in [-0.39, 0.29) is 29.7 Å². The Morgan fingerprint density at radius 2 is 1.81 bits per heavy atom. The first-order valence-corrected chi connectivity index (χ1v) is 9.36. The van der Waals surface area contributed by atoms with Crippen molar-refractivity contribution in [3.63, 3.8) is 0 Å². The highest BCUT2D eigenvalue weighted by molar-refractivity contribution is 6.03. The third-order valence-electron chi connectivity index (χ3n) is 4.19. The monoisotopic (exact) mass is 467 g/mol. The fraction of sp³-hybridized carbons (Fsp3) is 0.238. The molecule has 11 heteroatoms. The number of benzene rings is 1. The average Bonchev–Trinajstić information content (AvgIpc) is 2.73. The number of halogens is 4. The lowest BCUT2D eigenvalue weighted by Crippen LogP contribution is -2.18. The van der Waals surface area contributed by atoms with Crippen LogP contribution in [0.4, 0.5) is 18.9 Å². The molecule has 0 aliphatic carbocycles. The molecule has 0 unspecified atom stereocenters. The van der Waals surface area contributed by atoms with Crippen molar-refractivity contribution in [3.05, 3.63) is 66.0 Å². The largest absolute Gasteiger partial charge is 0.476 e. The normalized spacial score (nSPS) is 10.6. The number of hydrogen-bond acceptors (Lipinski definition) is 6. The summed E-state index contributed by atoms with van der Waals surface area (Å²) in [6.45, 7) is 1.17. The number of ether oxygens (including phenoxy) is 1. The summed E-state index contributed by atoms with van der Waals surface area (Å²) in [5, 5.41) is 2.53. The fourth-order valence-corrected chi connectivity index (χ4v) is 2.72. The highest BCUT2D eigenvalue weighted by Gasteiger charge is 2.20. The molecule has 1 aromatic carbocycles. The lowest BCUT2D eigenvalue weighted by molar-refractivity contribution is 0.102. The number of hydrogen-bond donors (Lipinski definition) is 1. The van der Waals surface area contributed by atoms with E-state index in [1.165, 1.54) is 12.5 Å². The minimum atomic E-state index is -0.992. The molecule has 0 aliphatic rings. The van der Waals surface area contributed by atoms with Crippen LogP contribution >= 0.6 is 12.4 Å². The smallest absolute Gasteiger partial charge is 0.274 e. The first-order chi connectivity index (χ1) is 14.9. The molecule has 0 radical (unpaired) electrons. The lowest BCUT2D eigenvalue weighted by Gasteiger charge is -2.13. The molecule has 0 saturated heterocycles. The van der Waals surface area contributed by atoms with Crippen LogP contribution in [0.25, 0.3) is 11.3 Å². The Labute approximate surface area is 189 Å². The van der Waals surface area contributed by atoms with E-state index in [1.54, 1.807) is 0 Å². The Morgan fingerprint density at radius 3 is 2.50 bits per heavy atom. The molecule has 3 aromatic rings. The van der Waals surface area contributed by atoms with Crippen LogP contribution in [0.1, 0.15) is 16.9 Å². The highest BCUT2D eigenvalue weighted by atomic mass is 35.5. The van der Waals surface area contributed by atoms with Crippen molar-refractivity contribution < 1.29 is 22.7 Å². The van der Waals surface area contributed by atoms with E-state index >= 15 is 0 Å². The van der Waals surface area contributed by atoms with Gasteiger partial charge in [-0.15, -0.1) is 12.4 Å². The summed E-state index contributed by atoms with van der Waals surface area (Å²) in [6.07, 6.45) is 3.35. The molecule has 7 nitrogen and oxygen atoms in total. The van der Waals surface area contributed by atoms with Gasteiger partial charge in [0.05, 0.1) is 18.4 Å². The van der Waals surface area contributed by atoms with Crippen LogP contribution in [-0.2, 0) is 0 Å². The van der Waals surface area contributed by atoms with Crippen molar-refractivity contribution in [3.8, 4) is 17.1 Å². The number of rotatable bonds is 8. The van der Waals surface area contributed by atoms with Gasteiger partial charge in [0.2, 0.25) is 5.88 Å². The molecular weight excluding hydrogens is 447 g/mol. The van der Waals surface area contributed by atoms with Gasteiger partial charge < -0.3 is 15.0 Å². The molecule has 32 heavy (non-hydrogen) atoms. The minimum Gasteiger partial charge on any atom is -0.476 e. The number of pyridine rings is 1. The predicted molar refractivity (Wildman–Crippen MR) is 115 cm³/mol. The SMILES string of the molecule is CN(C)CCCOc1ncncc1NC(=O)c1ccc(F)c(-c2c(F)cccc2F)n1.Cl. The molecule has 0 fully saturated rings. The Bertz CT molecular complexity index is 1060. The van der Waals surface area contributed by atoms with Crippen molar-refractivity contribution in [1.82, 2.24) is 19.9 Å². The van der Waals surface area contributed by atoms with Gasteiger partial charge in [-0.2, -0.15) is 4.98 Å². The van der Waals surface area contributed by atoms with Crippen molar-refractivity contribution in [2.45, 2.75) is 6.42 Å².